The molecule has 26 heavy (non-hydrogen) atoms. The Labute approximate surface area is 161 Å². The first kappa shape index (κ1) is 19.1. The van der Waals surface area contributed by atoms with Gasteiger partial charge in [-0.3, -0.25) is 4.79 Å². The highest BCUT2D eigenvalue weighted by atomic mass is 35.5. The van der Waals surface area contributed by atoms with Crippen LogP contribution in [0.1, 0.15) is 10.4 Å². The average Bonchev–Trinajstić information content (AvgIpc) is 2.64. The Kier molecular flexibility index (Phi) is 5.53. The van der Waals surface area contributed by atoms with Crippen molar-refractivity contribution in [1.82, 2.24) is 9.21 Å². The zero-order chi connectivity index (χ0) is 18.9. The molecule has 9 heteroatoms. The molecule has 5 nitrogen and oxygen atoms in total. The normalized spacial score (nSPS) is 15.9. The van der Waals surface area contributed by atoms with Gasteiger partial charge in [0.1, 0.15) is 5.82 Å². The van der Waals surface area contributed by atoms with Crippen molar-refractivity contribution in [3.05, 3.63) is 63.9 Å². The fraction of sp³-hybridized carbons (Fsp3) is 0.235. The minimum absolute atomic E-state index is 0.0682. The number of hydrogen-bond donors (Lipinski definition) is 0. The number of sulfonamides is 1. The summed E-state index contributed by atoms with van der Waals surface area (Å²) in [5.41, 5.74) is 0.496. The molecule has 0 atom stereocenters. The monoisotopic (exact) mass is 416 g/mol. The zero-order valence-corrected chi connectivity index (χ0v) is 15.9. The molecule has 0 aliphatic carbocycles. The van der Waals surface area contributed by atoms with Gasteiger partial charge in [0, 0.05) is 36.8 Å². The Morgan fingerprint density at radius 2 is 1.58 bits per heavy atom. The van der Waals surface area contributed by atoms with Gasteiger partial charge in [-0.15, -0.1) is 0 Å². The number of carbonyl (C=O) groups is 1. The van der Waals surface area contributed by atoms with Gasteiger partial charge in [-0.1, -0.05) is 23.2 Å². The minimum Gasteiger partial charge on any atom is -0.336 e. The first-order valence-corrected chi connectivity index (χ1v) is 9.99. The molecule has 0 bridgehead atoms. The van der Waals surface area contributed by atoms with Crippen LogP contribution in [0, 0.1) is 5.82 Å². The van der Waals surface area contributed by atoms with E-state index in [0.717, 1.165) is 12.1 Å². The van der Waals surface area contributed by atoms with E-state index in [-0.39, 0.29) is 42.0 Å². The van der Waals surface area contributed by atoms with E-state index in [4.69, 9.17) is 23.2 Å². The fourth-order valence-electron chi connectivity index (χ4n) is 2.69. The Bertz CT molecular complexity index is 928. The summed E-state index contributed by atoms with van der Waals surface area (Å²) in [5.74, 6) is -0.854. The smallest absolute Gasteiger partial charge is 0.253 e. The molecular weight excluding hydrogens is 402 g/mol. The van der Waals surface area contributed by atoms with Crippen LogP contribution in [0.4, 0.5) is 4.39 Å². The highest BCUT2D eigenvalue weighted by molar-refractivity contribution is 7.89. The van der Waals surface area contributed by atoms with Crippen molar-refractivity contribution in [1.29, 1.82) is 0 Å². The van der Waals surface area contributed by atoms with Crippen molar-refractivity contribution >= 4 is 39.1 Å². The van der Waals surface area contributed by atoms with Gasteiger partial charge in [0.2, 0.25) is 10.0 Å². The van der Waals surface area contributed by atoms with Crippen LogP contribution in [0.2, 0.25) is 10.0 Å². The van der Waals surface area contributed by atoms with E-state index in [2.05, 4.69) is 0 Å². The zero-order valence-electron chi connectivity index (χ0n) is 13.5. The summed E-state index contributed by atoms with van der Waals surface area (Å²) in [6, 6.07) is 9.83. The summed E-state index contributed by atoms with van der Waals surface area (Å²) in [5, 5.41) is 0.290. The van der Waals surface area contributed by atoms with Gasteiger partial charge in [-0.25, -0.2) is 12.8 Å². The number of hydrogen-bond acceptors (Lipinski definition) is 3. The maximum Gasteiger partial charge on any atom is 0.253 e. The fourth-order valence-corrected chi connectivity index (χ4v) is 4.51. The van der Waals surface area contributed by atoms with Crippen LogP contribution >= 0.6 is 23.2 Å². The Balaban J connectivity index is 1.70. The summed E-state index contributed by atoms with van der Waals surface area (Å²) < 4.78 is 39.9. The van der Waals surface area contributed by atoms with Crippen LogP contribution in [0.15, 0.2) is 47.4 Å². The van der Waals surface area contributed by atoms with Gasteiger partial charge in [-0.05, 0) is 42.5 Å². The molecule has 1 fully saturated rings. The highest BCUT2D eigenvalue weighted by Crippen LogP contribution is 2.23. The molecule has 3 rings (SSSR count). The number of rotatable bonds is 3. The Morgan fingerprint density at radius 3 is 2.15 bits per heavy atom. The molecule has 0 spiro atoms. The first-order chi connectivity index (χ1) is 12.3. The lowest BCUT2D eigenvalue weighted by Gasteiger charge is -2.34. The van der Waals surface area contributed by atoms with E-state index in [1.54, 1.807) is 29.2 Å². The minimum atomic E-state index is -3.79. The molecule has 1 heterocycles. The lowest BCUT2D eigenvalue weighted by Crippen LogP contribution is -2.50. The summed E-state index contributed by atoms with van der Waals surface area (Å²) in [7, 11) is -3.79. The van der Waals surface area contributed by atoms with Gasteiger partial charge >= 0.3 is 0 Å². The highest BCUT2D eigenvalue weighted by Gasteiger charge is 2.30. The van der Waals surface area contributed by atoms with Crippen molar-refractivity contribution in [3.8, 4) is 0 Å². The van der Waals surface area contributed by atoms with E-state index in [1.165, 1.54) is 10.4 Å². The predicted molar refractivity (Wildman–Crippen MR) is 97.5 cm³/mol. The molecule has 138 valence electrons. The SMILES string of the molecule is O=C(c1ccc(Cl)cc1)N1CCN(S(=O)(=O)c2ccc(F)c(Cl)c2)CC1. The maximum absolute atomic E-state index is 13.3. The quantitative estimate of drug-likeness (QED) is 0.771. The van der Waals surface area contributed by atoms with Gasteiger partial charge < -0.3 is 4.90 Å². The molecule has 0 N–H and O–H groups in total. The number of halogens is 3. The lowest BCUT2D eigenvalue weighted by molar-refractivity contribution is 0.0698. The number of amides is 1. The van der Waals surface area contributed by atoms with E-state index in [9.17, 15) is 17.6 Å². The number of benzene rings is 2. The van der Waals surface area contributed by atoms with E-state index in [1.807, 2.05) is 0 Å². The molecule has 0 aromatic heterocycles. The molecule has 1 saturated heterocycles. The molecule has 0 saturated carbocycles. The summed E-state index contributed by atoms with van der Waals surface area (Å²) in [4.78, 5) is 14.0. The van der Waals surface area contributed by atoms with Gasteiger partial charge in [-0.2, -0.15) is 4.31 Å². The molecule has 0 unspecified atom stereocenters. The van der Waals surface area contributed by atoms with Crippen molar-refractivity contribution < 1.29 is 17.6 Å². The number of piperazine rings is 1. The average molecular weight is 417 g/mol. The van der Waals surface area contributed by atoms with Gasteiger partial charge in [0.15, 0.2) is 0 Å². The van der Waals surface area contributed by atoms with Crippen LogP contribution in [-0.2, 0) is 10.0 Å². The van der Waals surface area contributed by atoms with E-state index < -0.39 is 15.8 Å². The number of carbonyl (C=O) groups excluding carboxylic acids is 1. The molecule has 2 aromatic rings. The summed E-state index contributed by atoms with van der Waals surface area (Å²) in [6.07, 6.45) is 0. The van der Waals surface area contributed by atoms with Crippen LogP contribution in [0.3, 0.4) is 0 Å². The second-order valence-corrected chi connectivity index (χ2v) is 8.56. The van der Waals surface area contributed by atoms with Crippen LogP contribution in [0.25, 0.3) is 0 Å². The van der Waals surface area contributed by atoms with Crippen molar-refractivity contribution in [2.24, 2.45) is 0 Å². The third kappa shape index (κ3) is 3.86. The molecule has 2 aromatic carbocycles. The standard InChI is InChI=1S/C17H15Cl2FN2O3S/c18-13-3-1-12(2-4-13)17(23)21-7-9-22(10-8-21)26(24,25)14-5-6-16(20)15(19)11-14/h1-6,11H,7-10H2. The van der Waals surface area contributed by atoms with Crippen LogP contribution in [0.5, 0.6) is 0 Å². The third-order valence-corrected chi connectivity index (χ3v) is 6.58. The maximum atomic E-state index is 13.3. The van der Waals surface area contributed by atoms with Gasteiger partial charge in [0.25, 0.3) is 5.91 Å². The molecule has 1 amide bonds. The largest absolute Gasteiger partial charge is 0.336 e. The molecule has 1 aliphatic rings. The second kappa shape index (κ2) is 7.52. The first-order valence-electron chi connectivity index (χ1n) is 7.79. The van der Waals surface area contributed by atoms with Crippen molar-refractivity contribution in [3.63, 3.8) is 0 Å². The third-order valence-electron chi connectivity index (χ3n) is 4.15. The van der Waals surface area contributed by atoms with Crippen molar-refractivity contribution in [2.75, 3.05) is 26.2 Å². The summed E-state index contributed by atoms with van der Waals surface area (Å²) in [6.45, 7) is 0.818. The molecular formula is C17H15Cl2FN2O3S. The van der Waals surface area contributed by atoms with Crippen LogP contribution < -0.4 is 0 Å². The lowest BCUT2D eigenvalue weighted by atomic mass is 10.2. The van der Waals surface area contributed by atoms with E-state index in [0.29, 0.717) is 10.6 Å². The van der Waals surface area contributed by atoms with E-state index >= 15 is 0 Å². The number of nitrogens with zero attached hydrogens (tertiary/aromatic N) is 2. The van der Waals surface area contributed by atoms with Crippen molar-refractivity contribution in [2.45, 2.75) is 4.90 Å². The van der Waals surface area contributed by atoms with Gasteiger partial charge in [0.05, 0.1) is 9.92 Å². The second-order valence-electron chi connectivity index (χ2n) is 5.78. The topological polar surface area (TPSA) is 57.7 Å². The molecule has 1 aliphatic heterocycles. The summed E-state index contributed by atoms with van der Waals surface area (Å²) >= 11 is 11.5. The Hall–Kier alpha value is -1.67. The van der Waals surface area contributed by atoms with Crippen LogP contribution in [-0.4, -0.2) is 49.7 Å². The molecule has 0 radical (unpaired) electrons. The Morgan fingerprint density at radius 1 is 0.962 bits per heavy atom. The predicted octanol–water partition coefficient (Wildman–Crippen LogP) is 3.28.